The molecule has 0 nitrogen and oxygen atoms in total. The van der Waals surface area contributed by atoms with Crippen LogP contribution in [0.2, 0.25) is 0 Å². The van der Waals surface area contributed by atoms with Gasteiger partial charge in [-0.05, 0) is 0 Å². The van der Waals surface area contributed by atoms with Gasteiger partial charge in [0.05, 0.1) is 0 Å². The average molecular weight is 188 g/mol. The van der Waals surface area contributed by atoms with Crippen LogP contribution in [0.1, 0.15) is 0 Å². The van der Waals surface area contributed by atoms with Crippen LogP contribution in [0.25, 0.3) is 0 Å². The standard InChI is InChI=1S/6FH.K.Si.H/h6*1H;;;. The van der Waals surface area contributed by atoms with Crippen LogP contribution in [0.4, 0.5) is 28.2 Å². The molecule has 0 unspecified atom stereocenters. The zero-order valence-electron chi connectivity index (χ0n) is 2.95. The van der Waals surface area contributed by atoms with E-state index in [0.717, 1.165) is 0 Å². The summed E-state index contributed by atoms with van der Waals surface area (Å²) in [7, 11) is 0. The maximum absolute atomic E-state index is 0. The molecule has 0 fully saturated rings. The molecule has 0 amide bonds. The molecule has 8 heteroatoms. The fourth-order valence-electron chi connectivity index (χ4n) is 0. The molecular weight excluding hydrogens is 181 g/mol. The van der Waals surface area contributed by atoms with Crippen LogP contribution in [-0.2, 0) is 0 Å². The van der Waals surface area contributed by atoms with E-state index in [4.69, 9.17) is 0 Å². The van der Waals surface area contributed by atoms with Crippen molar-refractivity contribution in [2.45, 2.75) is 0 Å². The van der Waals surface area contributed by atoms with Crippen molar-refractivity contribution in [1.82, 2.24) is 0 Å². The summed E-state index contributed by atoms with van der Waals surface area (Å²) in [5, 5.41) is 0. The Bertz CT molecular complexity index is 8.49. The van der Waals surface area contributed by atoms with Crippen molar-refractivity contribution < 1.29 is 28.2 Å². The summed E-state index contributed by atoms with van der Waals surface area (Å²) in [5.41, 5.74) is 0. The Hall–Kier alpha value is 1.43. The molecule has 0 N–H and O–H groups in total. The third kappa shape index (κ3) is 150. The molecule has 0 saturated carbocycles. The third-order valence-corrected chi connectivity index (χ3v) is 0. The van der Waals surface area contributed by atoms with Crippen molar-refractivity contribution in [3.05, 3.63) is 0 Å². The quantitative estimate of drug-likeness (QED) is 0.367. The minimum Gasteiger partial charge on any atom is 0 e. The van der Waals surface area contributed by atoms with E-state index in [-0.39, 0.29) is 90.6 Å². The number of hydrogen-bond acceptors (Lipinski definition) is 0. The summed E-state index contributed by atoms with van der Waals surface area (Å²) < 4.78 is 0. The molecule has 0 aromatic heterocycles. The topological polar surface area (TPSA) is 0 Å². The molecule has 0 aliphatic rings. The van der Waals surface area contributed by atoms with Gasteiger partial charge in [0, 0.05) is 11.0 Å². The van der Waals surface area contributed by atoms with Gasteiger partial charge in [0.2, 0.25) is 0 Å². The van der Waals surface area contributed by atoms with Gasteiger partial charge in [-0.1, -0.05) is 0 Å². The molecule has 0 saturated heterocycles. The Labute approximate surface area is 89.4 Å². The monoisotopic (exact) mass is 188 g/mol. The Morgan fingerprint density at radius 2 is 0.375 bits per heavy atom. The second-order valence-electron chi connectivity index (χ2n) is 0. The van der Waals surface area contributed by atoms with E-state index in [1.807, 2.05) is 0 Å². The van der Waals surface area contributed by atoms with E-state index in [0.29, 0.717) is 0 Å². The molecule has 0 heterocycles. The Kier molecular flexibility index (Phi) is 9260. The fourth-order valence-corrected chi connectivity index (χ4v) is 0. The van der Waals surface area contributed by atoms with E-state index in [1.165, 1.54) is 0 Å². The number of hydrogen-bond donors (Lipinski definition) is 0. The van der Waals surface area contributed by atoms with Gasteiger partial charge in [0.25, 0.3) is 0 Å². The van der Waals surface area contributed by atoms with Crippen LogP contribution >= 0.6 is 0 Å². The molecule has 0 aliphatic heterocycles. The maximum Gasteiger partial charge on any atom is 0 e. The van der Waals surface area contributed by atoms with Gasteiger partial charge in [-0.15, -0.1) is 0 Å². The van der Waals surface area contributed by atoms with Gasteiger partial charge >= 0.3 is 51.4 Å². The van der Waals surface area contributed by atoms with Crippen LogP contribution in [-0.4, -0.2) is 62.3 Å². The Balaban J connectivity index is 0. The van der Waals surface area contributed by atoms with Crippen LogP contribution in [0.3, 0.4) is 0 Å². The molecule has 0 aliphatic carbocycles. The molecule has 54 valence electrons. The van der Waals surface area contributed by atoms with E-state index in [9.17, 15) is 0 Å². The molecule has 0 aromatic rings. The summed E-state index contributed by atoms with van der Waals surface area (Å²) in [4.78, 5) is 0. The smallest absolute Gasteiger partial charge is 0 e. The van der Waals surface area contributed by atoms with Crippen molar-refractivity contribution in [3.63, 3.8) is 0 Å². The SMILES string of the molecule is F.F.F.F.F.F.[KH].[Si]. The van der Waals surface area contributed by atoms with Crippen LogP contribution in [0.5, 0.6) is 0 Å². The van der Waals surface area contributed by atoms with Crippen molar-refractivity contribution in [2.24, 2.45) is 0 Å². The normalized spacial score (nSPS) is 0. The Morgan fingerprint density at radius 1 is 0.375 bits per heavy atom. The molecule has 4 radical (unpaired) electrons. The van der Waals surface area contributed by atoms with E-state index in [1.54, 1.807) is 0 Å². The number of rotatable bonds is 0. The summed E-state index contributed by atoms with van der Waals surface area (Å²) in [6.07, 6.45) is 0. The second-order valence-corrected chi connectivity index (χ2v) is 0. The third-order valence-electron chi connectivity index (χ3n) is 0. The molecule has 8 heavy (non-hydrogen) atoms. The molecule has 0 atom stereocenters. The first-order chi connectivity index (χ1) is 0. The van der Waals surface area contributed by atoms with Gasteiger partial charge < -0.3 is 0 Å². The predicted octanol–water partition coefficient (Wildman–Crippen LogP) is -0.114. The average Bonchev–Trinajstić information content (AvgIpc) is 0. The van der Waals surface area contributed by atoms with E-state index < -0.39 is 0 Å². The summed E-state index contributed by atoms with van der Waals surface area (Å²) in [6, 6.07) is 0. The van der Waals surface area contributed by atoms with Crippen LogP contribution < -0.4 is 0 Å². The molecular formula is H7F6KSi. The Morgan fingerprint density at radius 3 is 0.375 bits per heavy atom. The largest absolute Gasteiger partial charge is 0 e. The van der Waals surface area contributed by atoms with Gasteiger partial charge in [-0.3, -0.25) is 28.2 Å². The van der Waals surface area contributed by atoms with Crippen molar-refractivity contribution in [3.8, 4) is 0 Å². The van der Waals surface area contributed by atoms with Gasteiger partial charge in [0.1, 0.15) is 0 Å². The predicted molar refractivity (Wildman–Crippen MR) is 27.9 cm³/mol. The zero-order valence-corrected chi connectivity index (χ0v) is 3.95. The van der Waals surface area contributed by atoms with Crippen LogP contribution in [0.15, 0.2) is 0 Å². The second kappa shape index (κ2) is 227. The van der Waals surface area contributed by atoms with Crippen molar-refractivity contribution >= 4 is 62.3 Å². The summed E-state index contributed by atoms with van der Waals surface area (Å²) in [6.45, 7) is 0. The van der Waals surface area contributed by atoms with E-state index in [2.05, 4.69) is 0 Å². The first kappa shape index (κ1) is 327. The zero-order chi connectivity index (χ0) is 0. The first-order valence-electron chi connectivity index (χ1n) is 0. The van der Waals surface area contributed by atoms with Gasteiger partial charge in [-0.25, -0.2) is 0 Å². The van der Waals surface area contributed by atoms with Crippen molar-refractivity contribution in [2.75, 3.05) is 0 Å². The van der Waals surface area contributed by atoms with Crippen molar-refractivity contribution in [1.29, 1.82) is 0 Å². The van der Waals surface area contributed by atoms with E-state index >= 15 is 0 Å². The van der Waals surface area contributed by atoms with Crippen LogP contribution in [0, 0.1) is 0 Å². The minimum atomic E-state index is 0. The van der Waals surface area contributed by atoms with Gasteiger partial charge in [0.15, 0.2) is 0 Å². The number of halogens is 6. The van der Waals surface area contributed by atoms with Gasteiger partial charge in [-0.2, -0.15) is 0 Å². The molecule has 0 rings (SSSR count). The summed E-state index contributed by atoms with van der Waals surface area (Å²) >= 11 is 0. The minimum absolute atomic E-state index is 0. The first-order valence-corrected chi connectivity index (χ1v) is 0. The molecule has 0 bridgehead atoms. The maximum atomic E-state index is 0. The molecule has 0 spiro atoms. The molecule has 0 aromatic carbocycles. The summed E-state index contributed by atoms with van der Waals surface area (Å²) in [5.74, 6) is 0. The fraction of sp³-hybridized carbons (Fsp3) is 0.